The predicted octanol–water partition coefficient (Wildman–Crippen LogP) is 3.66. The van der Waals surface area contributed by atoms with Crippen LogP contribution in [-0.2, 0) is 0 Å². The van der Waals surface area contributed by atoms with Crippen LogP contribution in [0.5, 0.6) is 0 Å². The molecule has 2 heterocycles. The van der Waals surface area contributed by atoms with E-state index in [2.05, 4.69) is 17.4 Å². The molecule has 2 saturated heterocycles. The Bertz CT molecular complexity index is 498. The molecule has 1 amide bonds. The molecule has 0 bridgehead atoms. The third-order valence-corrected chi connectivity index (χ3v) is 7.55. The summed E-state index contributed by atoms with van der Waals surface area (Å²) in [6.07, 6.45) is 2.22. The lowest BCUT2D eigenvalue weighted by atomic mass is 9.96. The number of rotatable bonds is 4. The van der Waals surface area contributed by atoms with Gasteiger partial charge in [-0.3, -0.25) is 4.79 Å². The minimum absolute atomic E-state index is 0. The summed E-state index contributed by atoms with van der Waals surface area (Å²) in [5.41, 5.74) is 2.18. The van der Waals surface area contributed by atoms with Gasteiger partial charge in [-0.2, -0.15) is 0 Å². The van der Waals surface area contributed by atoms with E-state index in [0.29, 0.717) is 10.5 Å². The Hall–Kier alpha value is -0.360. The first-order valence-corrected chi connectivity index (χ1v) is 10.1. The minimum Gasteiger partial charge on any atom is -0.339 e. The Morgan fingerprint density at radius 3 is 2.35 bits per heavy atom. The van der Waals surface area contributed by atoms with E-state index in [-0.39, 0.29) is 18.3 Å². The lowest BCUT2D eigenvalue weighted by molar-refractivity contribution is 0.0691. The molecule has 0 saturated carbocycles. The van der Waals surface area contributed by atoms with Crippen molar-refractivity contribution >= 4 is 41.8 Å². The summed E-state index contributed by atoms with van der Waals surface area (Å²) in [5, 5.41) is 3.24. The van der Waals surface area contributed by atoms with E-state index in [1.54, 1.807) is 0 Å². The summed E-state index contributed by atoms with van der Waals surface area (Å²) < 4.78 is 0.557. The summed E-state index contributed by atoms with van der Waals surface area (Å²) in [6, 6.07) is 8.29. The van der Waals surface area contributed by atoms with Gasteiger partial charge >= 0.3 is 0 Å². The van der Waals surface area contributed by atoms with Crippen molar-refractivity contribution in [1.82, 2.24) is 10.2 Å². The Kier molecular flexibility index (Phi) is 7.60. The van der Waals surface area contributed by atoms with E-state index in [9.17, 15) is 4.79 Å². The summed E-state index contributed by atoms with van der Waals surface area (Å²) in [5.74, 6) is 3.38. The molecule has 1 aromatic carbocycles. The van der Waals surface area contributed by atoms with Gasteiger partial charge in [0.25, 0.3) is 5.91 Å². The largest absolute Gasteiger partial charge is 0.339 e. The molecular formula is C17H25ClN2OS2. The lowest BCUT2D eigenvalue weighted by Gasteiger charge is -2.32. The maximum absolute atomic E-state index is 12.6. The number of carbonyl (C=O) groups is 1. The molecule has 0 unspecified atom stereocenters. The first kappa shape index (κ1) is 19.0. The average molecular weight is 373 g/mol. The zero-order valence-corrected chi connectivity index (χ0v) is 15.9. The van der Waals surface area contributed by atoms with Gasteiger partial charge in [-0.1, -0.05) is 12.1 Å². The molecule has 2 aliphatic heterocycles. The fraction of sp³-hybridized carbons (Fsp3) is 0.588. The van der Waals surface area contributed by atoms with Crippen LogP contribution in [0.4, 0.5) is 0 Å². The molecule has 2 fully saturated rings. The quantitative estimate of drug-likeness (QED) is 0.874. The second-order valence-electron chi connectivity index (χ2n) is 5.99. The molecule has 3 nitrogen and oxygen atoms in total. The fourth-order valence-electron chi connectivity index (χ4n) is 3.15. The number of nitrogens with zero attached hydrogens (tertiary/aromatic N) is 1. The molecule has 23 heavy (non-hydrogen) atoms. The third-order valence-electron chi connectivity index (χ3n) is 4.45. The number of hydrogen-bond acceptors (Lipinski definition) is 4. The summed E-state index contributed by atoms with van der Waals surface area (Å²) in [6.45, 7) is 2.84. The van der Waals surface area contributed by atoms with Gasteiger partial charge in [0.15, 0.2) is 0 Å². The van der Waals surface area contributed by atoms with Crippen molar-refractivity contribution in [3.05, 3.63) is 35.4 Å². The van der Waals surface area contributed by atoms with Crippen molar-refractivity contribution in [2.45, 2.75) is 17.4 Å². The Morgan fingerprint density at radius 1 is 1.17 bits per heavy atom. The normalized spacial score (nSPS) is 19.6. The number of halogens is 1. The van der Waals surface area contributed by atoms with Crippen LogP contribution < -0.4 is 5.32 Å². The molecule has 1 aromatic rings. The second-order valence-corrected chi connectivity index (χ2v) is 8.71. The molecule has 128 valence electrons. The van der Waals surface area contributed by atoms with Crippen LogP contribution >= 0.6 is 35.9 Å². The molecule has 0 aliphatic carbocycles. The first-order valence-electron chi connectivity index (χ1n) is 8.05. The van der Waals surface area contributed by atoms with Crippen molar-refractivity contribution < 1.29 is 4.79 Å². The molecule has 6 heteroatoms. The van der Waals surface area contributed by atoms with Crippen LogP contribution in [0.25, 0.3) is 0 Å². The van der Waals surface area contributed by atoms with Crippen LogP contribution in [-0.4, -0.2) is 49.0 Å². The lowest BCUT2D eigenvalue weighted by Crippen LogP contribution is -2.40. The van der Waals surface area contributed by atoms with E-state index < -0.39 is 0 Å². The molecule has 2 aliphatic rings. The summed E-state index contributed by atoms with van der Waals surface area (Å²) in [7, 11) is 2.00. The number of carbonyl (C=O) groups excluding carboxylic acids is 1. The maximum atomic E-state index is 12.6. The zero-order chi connectivity index (χ0) is 15.4. The van der Waals surface area contributed by atoms with Crippen LogP contribution in [0.1, 0.15) is 33.3 Å². The fourth-order valence-corrected chi connectivity index (χ4v) is 6.00. The SMILES string of the molecule is CNCC1CCN(C(=O)c2ccc(C3SCCS3)cc2)CC1.Cl. The van der Waals surface area contributed by atoms with E-state index in [1.165, 1.54) is 17.1 Å². The zero-order valence-electron chi connectivity index (χ0n) is 13.5. The van der Waals surface area contributed by atoms with Crippen LogP contribution in [0.2, 0.25) is 0 Å². The molecule has 0 radical (unpaired) electrons. The van der Waals surface area contributed by atoms with Gasteiger partial charge < -0.3 is 10.2 Å². The number of piperidine rings is 1. The van der Waals surface area contributed by atoms with E-state index in [0.717, 1.165) is 38.0 Å². The highest BCUT2D eigenvalue weighted by atomic mass is 35.5. The molecule has 0 spiro atoms. The minimum atomic E-state index is 0. The number of benzene rings is 1. The van der Waals surface area contributed by atoms with Crippen molar-refractivity contribution in [1.29, 1.82) is 0 Å². The number of hydrogen-bond donors (Lipinski definition) is 1. The molecule has 3 rings (SSSR count). The van der Waals surface area contributed by atoms with E-state index >= 15 is 0 Å². The third kappa shape index (κ3) is 4.81. The van der Waals surface area contributed by atoms with Gasteiger partial charge in [-0.25, -0.2) is 0 Å². The topological polar surface area (TPSA) is 32.3 Å². The predicted molar refractivity (Wildman–Crippen MR) is 104 cm³/mol. The van der Waals surface area contributed by atoms with Crippen molar-refractivity contribution in [3.63, 3.8) is 0 Å². The molecule has 0 atom stereocenters. The van der Waals surface area contributed by atoms with Crippen LogP contribution in [0.15, 0.2) is 24.3 Å². The van der Waals surface area contributed by atoms with Crippen LogP contribution in [0, 0.1) is 5.92 Å². The van der Waals surface area contributed by atoms with Gasteiger partial charge in [0, 0.05) is 30.2 Å². The first-order chi connectivity index (χ1) is 10.8. The van der Waals surface area contributed by atoms with E-state index in [4.69, 9.17) is 0 Å². The maximum Gasteiger partial charge on any atom is 0.253 e. The van der Waals surface area contributed by atoms with Crippen LogP contribution in [0.3, 0.4) is 0 Å². The molecule has 1 N–H and O–H groups in total. The highest BCUT2D eigenvalue weighted by Crippen LogP contribution is 2.45. The Morgan fingerprint density at radius 2 is 1.78 bits per heavy atom. The standard InChI is InChI=1S/C17H24N2OS2.ClH/c1-18-12-13-6-8-19(9-7-13)16(20)14-2-4-15(5-3-14)17-21-10-11-22-17;/h2-5,13,17-18H,6-12H2,1H3;1H. The highest BCUT2D eigenvalue weighted by Gasteiger charge is 2.24. The van der Waals surface area contributed by atoms with E-state index in [1.807, 2.05) is 47.6 Å². The summed E-state index contributed by atoms with van der Waals surface area (Å²) in [4.78, 5) is 14.6. The smallest absolute Gasteiger partial charge is 0.253 e. The number of amides is 1. The van der Waals surface area contributed by atoms with Gasteiger partial charge in [-0.15, -0.1) is 35.9 Å². The highest BCUT2D eigenvalue weighted by molar-refractivity contribution is 8.19. The molecular weight excluding hydrogens is 348 g/mol. The Balaban J connectivity index is 0.00000192. The van der Waals surface area contributed by atoms with Gasteiger partial charge in [0.05, 0.1) is 4.58 Å². The second kappa shape index (κ2) is 9.21. The monoisotopic (exact) mass is 372 g/mol. The van der Waals surface area contributed by atoms with Crippen molar-refractivity contribution in [2.24, 2.45) is 5.92 Å². The number of thioether (sulfide) groups is 2. The van der Waals surface area contributed by atoms with Crippen molar-refractivity contribution in [3.8, 4) is 0 Å². The van der Waals surface area contributed by atoms with Gasteiger partial charge in [0.2, 0.25) is 0 Å². The number of nitrogens with one attached hydrogen (secondary N) is 1. The number of likely N-dealkylation sites (tertiary alicyclic amines) is 1. The van der Waals surface area contributed by atoms with Gasteiger partial charge in [-0.05, 0) is 50.0 Å². The molecule has 0 aromatic heterocycles. The average Bonchev–Trinajstić information content (AvgIpc) is 3.10. The summed E-state index contributed by atoms with van der Waals surface area (Å²) >= 11 is 4.01. The van der Waals surface area contributed by atoms with Crippen molar-refractivity contribution in [2.75, 3.05) is 38.2 Å². The van der Waals surface area contributed by atoms with Gasteiger partial charge in [0.1, 0.15) is 0 Å². The Labute approximate surface area is 153 Å².